The second kappa shape index (κ2) is 6.68. The minimum atomic E-state index is 0.272. The number of likely N-dealkylation sites (tertiary alicyclic amines) is 1. The summed E-state index contributed by atoms with van der Waals surface area (Å²) in [6, 6.07) is 18.3. The van der Waals surface area contributed by atoms with Crippen molar-refractivity contribution in [1.29, 1.82) is 0 Å². The summed E-state index contributed by atoms with van der Waals surface area (Å²) >= 11 is 0. The first-order chi connectivity index (χ1) is 10.3. The van der Waals surface area contributed by atoms with Crippen molar-refractivity contribution in [3.63, 3.8) is 0 Å². The molecule has 1 saturated heterocycles. The largest absolute Gasteiger partial charge is 0.335 e. The van der Waals surface area contributed by atoms with Crippen molar-refractivity contribution in [3.05, 3.63) is 60.2 Å². The van der Waals surface area contributed by atoms with Gasteiger partial charge in [0.25, 0.3) is 0 Å². The predicted octanol–water partition coefficient (Wildman–Crippen LogP) is 2.61. The maximum absolute atomic E-state index is 12.2. The maximum atomic E-state index is 12.2. The number of quaternary nitrogens is 1. The second-order valence-electron chi connectivity index (χ2n) is 5.82. The molecule has 2 aromatic rings. The monoisotopic (exact) mass is 280 g/mol. The molecule has 21 heavy (non-hydrogen) atoms. The van der Waals surface area contributed by atoms with Crippen LogP contribution in [-0.4, -0.2) is 25.4 Å². The number of carbonyl (C=O) groups excluding carboxylic acids is 1. The number of hydrogen-bond donors (Lipinski definition) is 1. The molecule has 2 aromatic carbocycles. The molecule has 0 radical (unpaired) electrons. The zero-order valence-corrected chi connectivity index (χ0v) is 12.3. The highest BCUT2D eigenvalue weighted by Gasteiger charge is 2.17. The molecule has 2 heteroatoms. The first kappa shape index (κ1) is 14.0. The van der Waals surface area contributed by atoms with Crippen LogP contribution in [0.25, 0.3) is 11.1 Å². The van der Waals surface area contributed by atoms with E-state index in [1.165, 1.54) is 31.5 Å². The fourth-order valence-corrected chi connectivity index (χ4v) is 3.04. The van der Waals surface area contributed by atoms with Crippen LogP contribution in [0.1, 0.15) is 29.6 Å². The molecule has 0 atom stereocenters. The summed E-state index contributed by atoms with van der Waals surface area (Å²) in [6.07, 6.45) is 3.30. The Balaban J connectivity index is 1.62. The summed E-state index contributed by atoms with van der Waals surface area (Å²) in [7, 11) is 0. The number of carbonyl (C=O) groups is 1. The van der Waals surface area contributed by atoms with Gasteiger partial charge in [-0.05, 0) is 11.1 Å². The molecule has 0 amide bonds. The lowest BCUT2D eigenvalue weighted by Gasteiger charge is -2.11. The Labute approximate surface area is 126 Å². The lowest BCUT2D eigenvalue weighted by molar-refractivity contribution is -0.886. The van der Waals surface area contributed by atoms with Gasteiger partial charge in [-0.15, -0.1) is 0 Å². The Morgan fingerprint density at radius 3 is 2.14 bits per heavy atom. The third-order valence-corrected chi connectivity index (χ3v) is 4.33. The van der Waals surface area contributed by atoms with E-state index in [0.717, 1.165) is 17.7 Å². The average Bonchev–Trinajstić information content (AvgIpc) is 3.07. The number of hydrogen-bond acceptors (Lipinski definition) is 1. The van der Waals surface area contributed by atoms with Gasteiger partial charge < -0.3 is 4.90 Å². The van der Waals surface area contributed by atoms with Crippen molar-refractivity contribution >= 4 is 5.78 Å². The Morgan fingerprint density at radius 2 is 1.48 bits per heavy atom. The van der Waals surface area contributed by atoms with Crippen LogP contribution in [0, 0.1) is 0 Å². The summed E-state index contributed by atoms with van der Waals surface area (Å²) in [5, 5.41) is 0. The standard InChI is InChI=1S/C19H21NO/c21-19(12-15-20-13-4-5-14-20)18-10-8-17(9-11-18)16-6-2-1-3-7-16/h1-3,6-11H,4-5,12-15H2/p+1. The van der Waals surface area contributed by atoms with E-state index in [9.17, 15) is 4.79 Å². The summed E-state index contributed by atoms with van der Waals surface area (Å²) in [6.45, 7) is 3.46. The van der Waals surface area contributed by atoms with Gasteiger partial charge in [-0.25, -0.2) is 0 Å². The molecule has 0 spiro atoms. The molecule has 0 unspecified atom stereocenters. The number of rotatable bonds is 5. The molecule has 1 aliphatic heterocycles. The number of ketones is 1. The van der Waals surface area contributed by atoms with Crippen LogP contribution in [-0.2, 0) is 0 Å². The van der Waals surface area contributed by atoms with E-state index >= 15 is 0 Å². The van der Waals surface area contributed by atoms with E-state index in [2.05, 4.69) is 12.1 Å². The highest BCUT2D eigenvalue weighted by atomic mass is 16.1. The van der Waals surface area contributed by atoms with Crippen LogP contribution in [0.2, 0.25) is 0 Å². The van der Waals surface area contributed by atoms with Crippen LogP contribution in [0.4, 0.5) is 0 Å². The molecule has 0 aromatic heterocycles. The first-order valence-electron chi connectivity index (χ1n) is 7.85. The summed E-state index contributed by atoms with van der Waals surface area (Å²) in [5.41, 5.74) is 3.20. The van der Waals surface area contributed by atoms with Crippen LogP contribution >= 0.6 is 0 Å². The third kappa shape index (κ3) is 3.59. The maximum Gasteiger partial charge on any atom is 0.168 e. The Morgan fingerprint density at radius 1 is 0.857 bits per heavy atom. The molecule has 3 rings (SSSR count). The average molecular weight is 280 g/mol. The van der Waals surface area contributed by atoms with Crippen LogP contribution in [0.3, 0.4) is 0 Å². The highest BCUT2D eigenvalue weighted by Crippen LogP contribution is 2.19. The van der Waals surface area contributed by atoms with E-state index in [4.69, 9.17) is 0 Å². The fourth-order valence-electron chi connectivity index (χ4n) is 3.04. The van der Waals surface area contributed by atoms with E-state index in [1.54, 1.807) is 4.90 Å². The Hall–Kier alpha value is -1.93. The Kier molecular flexibility index (Phi) is 4.46. The summed E-state index contributed by atoms with van der Waals surface area (Å²) in [5.74, 6) is 0.272. The first-order valence-corrected chi connectivity index (χ1v) is 7.85. The normalized spacial score (nSPS) is 15.2. The van der Waals surface area contributed by atoms with Gasteiger partial charge in [0.1, 0.15) is 0 Å². The molecule has 1 fully saturated rings. The van der Waals surface area contributed by atoms with Gasteiger partial charge in [-0.3, -0.25) is 4.79 Å². The molecule has 0 bridgehead atoms. The van der Waals surface area contributed by atoms with Gasteiger partial charge in [0, 0.05) is 18.4 Å². The van der Waals surface area contributed by atoms with Crippen molar-refractivity contribution in [2.45, 2.75) is 19.3 Å². The molecular weight excluding hydrogens is 258 g/mol. The molecule has 1 heterocycles. The lowest BCUT2D eigenvalue weighted by Crippen LogP contribution is -3.10. The molecule has 0 aliphatic carbocycles. The topological polar surface area (TPSA) is 21.5 Å². The smallest absolute Gasteiger partial charge is 0.168 e. The minimum absolute atomic E-state index is 0.272. The van der Waals surface area contributed by atoms with Crippen LogP contribution < -0.4 is 4.90 Å². The second-order valence-corrected chi connectivity index (χ2v) is 5.82. The van der Waals surface area contributed by atoms with Gasteiger partial charge in [0.15, 0.2) is 5.78 Å². The van der Waals surface area contributed by atoms with Crippen molar-refractivity contribution in [2.24, 2.45) is 0 Å². The Bertz CT molecular complexity index is 583. The highest BCUT2D eigenvalue weighted by molar-refractivity contribution is 5.96. The number of benzene rings is 2. The predicted molar refractivity (Wildman–Crippen MR) is 85.6 cm³/mol. The molecule has 1 N–H and O–H groups in total. The van der Waals surface area contributed by atoms with Gasteiger partial charge in [-0.2, -0.15) is 0 Å². The third-order valence-electron chi connectivity index (χ3n) is 4.33. The van der Waals surface area contributed by atoms with Crippen molar-refractivity contribution in [1.82, 2.24) is 0 Å². The van der Waals surface area contributed by atoms with E-state index in [1.807, 2.05) is 42.5 Å². The number of Topliss-reactive ketones (excluding diaryl/α,β-unsaturated/α-hetero) is 1. The SMILES string of the molecule is O=C(CC[NH+]1CCCC1)c1ccc(-c2ccccc2)cc1. The molecule has 2 nitrogen and oxygen atoms in total. The van der Waals surface area contributed by atoms with Crippen LogP contribution in [0.15, 0.2) is 54.6 Å². The molecule has 1 aliphatic rings. The number of nitrogens with one attached hydrogen (secondary N) is 1. The van der Waals surface area contributed by atoms with Gasteiger partial charge >= 0.3 is 0 Å². The van der Waals surface area contributed by atoms with E-state index in [0.29, 0.717) is 6.42 Å². The van der Waals surface area contributed by atoms with E-state index < -0.39 is 0 Å². The van der Waals surface area contributed by atoms with Gasteiger partial charge in [0.05, 0.1) is 26.1 Å². The molecular formula is C19H22NO+. The minimum Gasteiger partial charge on any atom is -0.335 e. The molecule has 0 saturated carbocycles. The molecule has 108 valence electrons. The van der Waals surface area contributed by atoms with Crippen molar-refractivity contribution in [3.8, 4) is 11.1 Å². The summed E-state index contributed by atoms with van der Waals surface area (Å²) < 4.78 is 0. The van der Waals surface area contributed by atoms with Gasteiger partial charge in [-0.1, -0.05) is 54.6 Å². The summed E-state index contributed by atoms with van der Waals surface area (Å²) in [4.78, 5) is 13.8. The quantitative estimate of drug-likeness (QED) is 0.835. The lowest BCUT2D eigenvalue weighted by atomic mass is 10.0. The zero-order valence-electron chi connectivity index (χ0n) is 12.3. The van der Waals surface area contributed by atoms with Gasteiger partial charge in [0.2, 0.25) is 0 Å². The fraction of sp³-hybridized carbons (Fsp3) is 0.316. The van der Waals surface area contributed by atoms with E-state index in [-0.39, 0.29) is 5.78 Å². The van der Waals surface area contributed by atoms with Crippen LogP contribution in [0.5, 0.6) is 0 Å². The van der Waals surface area contributed by atoms with Crippen molar-refractivity contribution in [2.75, 3.05) is 19.6 Å². The van der Waals surface area contributed by atoms with Crippen molar-refractivity contribution < 1.29 is 9.69 Å². The zero-order chi connectivity index (χ0) is 14.5.